The second kappa shape index (κ2) is 5.61. The minimum Gasteiger partial charge on any atom is -0.379 e. The zero-order chi connectivity index (χ0) is 13.0. The Labute approximate surface area is 112 Å². The van der Waals surface area contributed by atoms with Crippen LogP contribution in [0.1, 0.15) is 18.2 Å². The third-order valence-electron chi connectivity index (χ3n) is 2.82. The first-order valence-corrected chi connectivity index (χ1v) is 6.20. The van der Waals surface area contributed by atoms with Crippen LogP contribution in [0.4, 0.5) is 5.69 Å². The van der Waals surface area contributed by atoms with Crippen molar-refractivity contribution >= 4 is 17.3 Å². The molecule has 0 saturated carbocycles. The van der Waals surface area contributed by atoms with Gasteiger partial charge in [-0.05, 0) is 37.3 Å². The highest BCUT2D eigenvalue weighted by Gasteiger charge is 2.02. The van der Waals surface area contributed by atoms with E-state index in [0.29, 0.717) is 10.6 Å². The van der Waals surface area contributed by atoms with E-state index >= 15 is 0 Å². The first-order valence-electron chi connectivity index (χ1n) is 5.82. The maximum absolute atomic E-state index is 8.91. The van der Waals surface area contributed by atoms with Gasteiger partial charge < -0.3 is 9.88 Å². The van der Waals surface area contributed by atoms with Crippen LogP contribution in [0.3, 0.4) is 0 Å². The number of benzene rings is 1. The maximum Gasteiger partial charge on any atom is 0.101 e. The molecule has 2 rings (SSSR count). The normalized spacial score (nSPS) is 10.1. The molecule has 0 unspecified atom stereocenters. The number of hydrogen-bond donors (Lipinski definition) is 1. The summed E-state index contributed by atoms with van der Waals surface area (Å²) < 4.78 is 2.17. The number of rotatable bonds is 4. The van der Waals surface area contributed by atoms with Crippen LogP contribution in [-0.2, 0) is 13.1 Å². The Bertz CT molecular complexity index is 581. The van der Waals surface area contributed by atoms with Crippen LogP contribution in [0, 0.1) is 11.3 Å². The first kappa shape index (κ1) is 12.5. The van der Waals surface area contributed by atoms with Gasteiger partial charge in [-0.25, -0.2) is 0 Å². The fourth-order valence-corrected chi connectivity index (χ4v) is 1.99. The molecule has 0 spiro atoms. The van der Waals surface area contributed by atoms with E-state index in [0.717, 1.165) is 18.8 Å². The van der Waals surface area contributed by atoms with E-state index in [-0.39, 0.29) is 0 Å². The third kappa shape index (κ3) is 2.66. The number of nitriles is 1. The zero-order valence-electron chi connectivity index (χ0n) is 10.2. The van der Waals surface area contributed by atoms with Crippen LogP contribution < -0.4 is 5.32 Å². The second-order valence-electron chi connectivity index (χ2n) is 3.95. The molecule has 4 heteroatoms. The highest BCUT2D eigenvalue weighted by molar-refractivity contribution is 6.31. The molecule has 0 bridgehead atoms. The van der Waals surface area contributed by atoms with Crippen LogP contribution in [0.5, 0.6) is 0 Å². The van der Waals surface area contributed by atoms with Crippen LogP contribution in [0.15, 0.2) is 36.5 Å². The predicted molar refractivity (Wildman–Crippen MR) is 73.6 cm³/mol. The Kier molecular flexibility index (Phi) is 3.91. The summed E-state index contributed by atoms with van der Waals surface area (Å²) in [6.07, 6.45) is 2.06. The lowest BCUT2D eigenvalue weighted by atomic mass is 10.2. The molecule has 0 aliphatic heterocycles. The van der Waals surface area contributed by atoms with E-state index in [4.69, 9.17) is 16.9 Å². The summed E-state index contributed by atoms with van der Waals surface area (Å²) in [5.41, 5.74) is 2.61. The Morgan fingerprint density at radius 2 is 2.22 bits per heavy atom. The van der Waals surface area contributed by atoms with Crippen molar-refractivity contribution in [2.45, 2.75) is 20.0 Å². The predicted octanol–water partition coefficient (Wildman–Crippen LogP) is 3.65. The van der Waals surface area contributed by atoms with Gasteiger partial charge in [-0.3, -0.25) is 0 Å². The van der Waals surface area contributed by atoms with Crippen molar-refractivity contribution in [3.05, 3.63) is 52.8 Å². The standard InChI is InChI=1S/C14H14ClN3/c1-2-18-7-3-4-13(18)10-17-12-5-6-14(15)11(8-12)9-16/h3-8,17H,2,10H2,1H3. The molecule has 92 valence electrons. The summed E-state index contributed by atoms with van der Waals surface area (Å²) in [5.74, 6) is 0. The van der Waals surface area contributed by atoms with Crippen molar-refractivity contribution in [1.29, 1.82) is 5.26 Å². The van der Waals surface area contributed by atoms with Gasteiger partial charge in [-0.2, -0.15) is 5.26 Å². The average Bonchev–Trinajstić information content (AvgIpc) is 2.85. The molecule has 3 nitrogen and oxygen atoms in total. The molecule has 1 N–H and O–H groups in total. The molecular weight excluding hydrogens is 246 g/mol. The second-order valence-corrected chi connectivity index (χ2v) is 4.35. The first-order chi connectivity index (χ1) is 8.74. The third-order valence-corrected chi connectivity index (χ3v) is 3.15. The molecule has 0 aliphatic carbocycles. The SMILES string of the molecule is CCn1cccc1CNc1ccc(Cl)c(C#N)c1. The molecule has 1 aromatic carbocycles. The molecular formula is C14H14ClN3. The molecule has 1 aromatic heterocycles. The Morgan fingerprint density at radius 3 is 2.94 bits per heavy atom. The van der Waals surface area contributed by atoms with Gasteiger partial charge in [0.1, 0.15) is 6.07 Å². The number of hydrogen-bond acceptors (Lipinski definition) is 2. The van der Waals surface area contributed by atoms with Gasteiger partial charge in [0.25, 0.3) is 0 Å². The molecule has 0 aliphatic rings. The van der Waals surface area contributed by atoms with E-state index in [1.165, 1.54) is 5.69 Å². The fourth-order valence-electron chi connectivity index (χ4n) is 1.83. The lowest BCUT2D eigenvalue weighted by Crippen LogP contribution is -2.06. The summed E-state index contributed by atoms with van der Waals surface area (Å²) in [6, 6.07) is 11.6. The lowest BCUT2D eigenvalue weighted by molar-refractivity contribution is 0.724. The quantitative estimate of drug-likeness (QED) is 0.911. The number of halogens is 1. The minimum absolute atomic E-state index is 0.486. The van der Waals surface area contributed by atoms with Gasteiger partial charge >= 0.3 is 0 Å². The van der Waals surface area contributed by atoms with Crippen LogP contribution in [0.25, 0.3) is 0 Å². The van der Waals surface area contributed by atoms with E-state index in [1.807, 2.05) is 12.1 Å². The largest absolute Gasteiger partial charge is 0.379 e. The summed E-state index contributed by atoms with van der Waals surface area (Å²) in [6.45, 7) is 3.79. The molecule has 18 heavy (non-hydrogen) atoms. The van der Waals surface area contributed by atoms with Crippen molar-refractivity contribution < 1.29 is 0 Å². The number of aryl methyl sites for hydroxylation is 1. The Balaban J connectivity index is 2.09. The molecule has 0 saturated heterocycles. The van der Waals surface area contributed by atoms with E-state index in [1.54, 1.807) is 12.1 Å². The molecule has 0 atom stereocenters. The summed E-state index contributed by atoms with van der Waals surface area (Å²) in [4.78, 5) is 0. The maximum atomic E-state index is 8.91. The number of aromatic nitrogens is 1. The molecule has 2 aromatic rings. The van der Waals surface area contributed by atoms with E-state index in [9.17, 15) is 0 Å². The van der Waals surface area contributed by atoms with E-state index in [2.05, 4.69) is 35.1 Å². The zero-order valence-corrected chi connectivity index (χ0v) is 10.9. The number of anilines is 1. The van der Waals surface area contributed by atoms with Crippen LogP contribution in [-0.4, -0.2) is 4.57 Å². The van der Waals surface area contributed by atoms with Gasteiger partial charge in [0.2, 0.25) is 0 Å². The van der Waals surface area contributed by atoms with Gasteiger partial charge in [0.15, 0.2) is 0 Å². The van der Waals surface area contributed by atoms with Crippen molar-refractivity contribution in [3.8, 4) is 6.07 Å². The summed E-state index contributed by atoms with van der Waals surface area (Å²) >= 11 is 5.89. The monoisotopic (exact) mass is 259 g/mol. The lowest BCUT2D eigenvalue weighted by Gasteiger charge is -2.09. The Hall–Kier alpha value is -1.92. The van der Waals surface area contributed by atoms with Crippen LogP contribution in [0.2, 0.25) is 5.02 Å². The average molecular weight is 260 g/mol. The van der Waals surface area contributed by atoms with Gasteiger partial charge in [-0.15, -0.1) is 0 Å². The number of nitrogens with zero attached hydrogens (tertiary/aromatic N) is 2. The minimum atomic E-state index is 0.486. The molecule has 0 radical (unpaired) electrons. The van der Waals surface area contributed by atoms with Crippen molar-refractivity contribution in [2.24, 2.45) is 0 Å². The molecule has 0 amide bonds. The summed E-state index contributed by atoms with van der Waals surface area (Å²) in [5, 5.41) is 12.7. The highest BCUT2D eigenvalue weighted by Crippen LogP contribution is 2.20. The van der Waals surface area contributed by atoms with E-state index < -0.39 is 0 Å². The van der Waals surface area contributed by atoms with Gasteiger partial charge in [-0.1, -0.05) is 11.6 Å². The van der Waals surface area contributed by atoms with Crippen molar-refractivity contribution in [3.63, 3.8) is 0 Å². The Morgan fingerprint density at radius 1 is 1.39 bits per heavy atom. The van der Waals surface area contributed by atoms with Gasteiger partial charge in [0.05, 0.1) is 17.1 Å². The fraction of sp³-hybridized carbons (Fsp3) is 0.214. The van der Waals surface area contributed by atoms with Gasteiger partial charge in [0, 0.05) is 24.1 Å². The highest BCUT2D eigenvalue weighted by atomic mass is 35.5. The van der Waals surface area contributed by atoms with Crippen molar-refractivity contribution in [1.82, 2.24) is 4.57 Å². The molecule has 0 fully saturated rings. The smallest absolute Gasteiger partial charge is 0.101 e. The van der Waals surface area contributed by atoms with Crippen molar-refractivity contribution in [2.75, 3.05) is 5.32 Å². The number of nitrogens with one attached hydrogen (secondary N) is 1. The molecule has 1 heterocycles. The topological polar surface area (TPSA) is 40.8 Å². The van der Waals surface area contributed by atoms with Crippen LogP contribution >= 0.6 is 11.6 Å². The summed E-state index contributed by atoms with van der Waals surface area (Å²) in [7, 11) is 0.